The fraction of sp³-hybridized carbons (Fsp3) is 0. The zero-order chi connectivity index (χ0) is 18.5. The first-order valence-electron chi connectivity index (χ1n) is 9.46. The number of nitrogens with one attached hydrogen (secondary N) is 1. The highest BCUT2D eigenvalue weighted by Crippen LogP contribution is 2.40. The van der Waals surface area contributed by atoms with Crippen molar-refractivity contribution in [1.82, 2.24) is 0 Å². The van der Waals surface area contributed by atoms with Crippen molar-refractivity contribution in [3.8, 4) is 0 Å². The Labute approximate surface area is 166 Å². The molecule has 0 amide bonds. The second kappa shape index (κ2) is 6.08. The molecule has 0 saturated carbocycles. The lowest BCUT2D eigenvalue weighted by Gasteiger charge is -2.13. The summed E-state index contributed by atoms with van der Waals surface area (Å²) in [6.07, 6.45) is 0. The number of fused-ring (bicyclic) bond motifs is 6. The van der Waals surface area contributed by atoms with Crippen molar-refractivity contribution in [2.75, 3.05) is 5.32 Å². The van der Waals surface area contributed by atoms with E-state index in [9.17, 15) is 0 Å². The van der Waals surface area contributed by atoms with Gasteiger partial charge in [-0.2, -0.15) is 0 Å². The molecule has 1 N–H and O–H groups in total. The Hall–Kier alpha value is -3.36. The number of hydrogen-bond donors (Lipinski definition) is 1. The summed E-state index contributed by atoms with van der Waals surface area (Å²) < 4.78 is 2.64. The second-order valence-corrected chi connectivity index (χ2v) is 8.15. The maximum Gasteiger partial charge on any atom is 0.0590 e. The third kappa shape index (κ3) is 2.32. The Balaban J connectivity index is 1.61. The van der Waals surface area contributed by atoms with Gasteiger partial charge >= 0.3 is 0 Å². The molecule has 6 rings (SSSR count). The van der Waals surface area contributed by atoms with Gasteiger partial charge in [0, 0.05) is 26.5 Å². The fourth-order valence-electron chi connectivity index (χ4n) is 4.15. The molecule has 0 aliphatic rings. The Morgan fingerprint density at radius 2 is 1.18 bits per heavy atom. The van der Waals surface area contributed by atoms with Crippen LogP contribution in [0, 0.1) is 0 Å². The van der Waals surface area contributed by atoms with E-state index in [0.29, 0.717) is 0 Å². The van der Waals surface area contributed by atoms with Crippen molar-refractivity contribution in [1.29, 1.82) is 0 Å². The number of thiophene rings is 1. The molecule has 2 heteroatoms. The molecule has 28 heavy (non-hydrogen) atoms. The van der Waals surface area contributed by atoms with E-state index in [-0.39, 0.29) is 0 Å². The topological polar surface area (TPSA) is 12.0 Å². The predicted octanol–water partition coefficient (Wildman–Crippen LogP) is 8.10. The summed E-state index contributed by atoms with van der Waals surface area (Å²) in [5.74, 6) is 0. The van der Waals surface area contributed by atoms with Crippen molar-refractivity contribution in [2.45, 2.75) is 0 Å². The summed E-state index contributed by atoms with van der Waals surface area (Å²) in [5.41, 5.74) is 2.32. The van der Waals surface area contributed by atoms with Gasteiger partial charge in [0.25, 0.3) is 0 Å². The van der Waals surface area contributed by atoms with Gasteiger partial charge < -0.3 is 5.32 Å². The molecular formula is C26H17NS. The molecule has 1 heterocycles. The number of anilines is 2. The summed E-state index contributed by atoms with van der Waals surface area (Å²) in [5, 5.41) is 11.5. The molecule has 132 valence electrons. The van der Waals surface area contributed by atoms with E-state index < -0.39 is 0 Å². The predicted molar refractivity (Wildman–Crippen MR) is 124 cm³/mol. The van der Waals surface area contributed by atoms with E-state index in [1.807, 2.05) is 11.3 Å². The molecule has 0 fully saturated rings. The van der Waals surface area contributed by atoms with Crippen molar-refractivity contribution in [3.05, 3.63) is 97.1 Å². The van der Waals surface area contributed by atoms with Crippen LogP contribution in [0.15, 0.2) is 97.1 Å². The van der Waals surface area contributed by atoms with E-state index in [1.54, 1.807) is 0 Å². The SMILES string of the molecule is c1ccc2c(c1)cc(Nc1cccc3c1sc1ccccc13)c1ccccc12. The number of benzene rings is 5. The van der Waals surface area contributed by atoms with Gasteiger partial charge in [0.2, 0.25) is 0 Å². The molecule has 0 aliphatic heterocycles. The Kier molecular flexibility index (Phi) is 3.40. The minimum Gasteiger partial charge on any atom is -0.354 e. The van der Waals surface area contributed by atoms with Crippen LogP contribution < -0.4 is 5.32 Å². The normalized spacial score (nSPS) is 11.6. The van der Waals surface area contributed by atoms with Crippen LogP contribution in [0.2, 0.25) is 0 Å². The average Bonchev–Trinajstić information content (AvgIpc) is 3.14. The minimum atomic E-state index is 1.15. The fourth-order valence-corrected chi connectivity index (χ4v) is 5.32. The molecule has 0 bridgehead atoms. The lowest BCUT2D eigenvalue weighted by Crippen LogP contribution is -1.92. The van der Waals surface area contributed by atoms with Crippen molar-refractivity contribution >= 4 is 64.4 Å². The van der Waals surface area contributed by atoms with Crippen LogP contribution in [0.4, 0.5) is 11.4 Å². The van der Waals surface area contributed by atoms with Gasteiger partial charge in [0.05, 0.1) is 10.4 Å². The highest BCUT2D eigenvalue weighted by atomic mass is 32.1. The average molecular weight is 375 g/mol. The zero-order valence-electron chi connectivity index (χ0n) is 15.1. The van der Waals surface area contributed by atoms with Crippen molar-refractivity contribution < 1.29 is 0 Å². The molecule has 0 aliphatic carbocycles. The van der Waals surface area contributed by atoms with Crippen LogP contribution in [0.3, 0.4) is 0 Å². The molecule has 5 aromatic carbocycles. The third-order valence-electron chi connectivity index (χ3n) is 5.44. The van der Waals surface area contributed by atoms with E-state index in [0.717, 1.165) is 5.69 Å². The summed E-state index contributed by atoms with van der Waals surface area (Å²) in [6.45, 7) is 0. The van der Waals surface area contributed by atoms with Gasteiger partial charge in [0.1, 0.15) is 0 Å². The summed E-state index contributed by atoms with van der Waals surface area (Å²) in [4.78, 5) is 0. The molecule has 1 aromatic heterocycles. The van der Waals surface area contributed by atoms with Gasteiger partial charge in [0.15, 0.2) is 0 Å². The molecule has 0 unspecified atom stereocenters. The Morgan fingerprint density at radius 1 is 0.500 bits per heavy atom. The lowest BCUT2D eigenvalue weighted by atomic mass is 10.00. The van der Waals surface area contributed by atoms with Crippen LogP contribution in [-0.2, 0) is 0 Å². The summed E-state index contributed by atoms with van der Waals surface area (Å²) in [7, 11) is 0. The quantitative estimate of drug-likeness (QED) is 0.301. The van der Waals surface area contributed by atoms with E-state index >= 15 is 0 Å². The third-order valence-corrected chi connectivity index (χ3v) is 6.66. The molecular weight excluding hydrogens is 358 g/mol. The monoisotopic (exact) mass is 375 g/mol. The first-order chi connectivity index (χ1) is 13.9. The Bertz CT molecular complexity index is 1490. The smallest absolute Gasteiger partial charge is 0.0590 e. The lowest BCUT2D eigenvalue weighted by molar-refractivity contribution is 1.64. The van der Waals surface area contributed by atoms with Gasteiger partial charge in [-0.1, -0.05) is 78.9 Å². The highest BCUT2D eigenvalue weighted by molar-refractivity contribution is 7.26. The molecule has 0 saturated heterocycles. The number of rotatable bonds is 2. The summed E-state index contributed by atoms with van der Waals surface area (Å²) >= 11 is 1.85. The van der Waals surface area contributed by atoms with Crippen LogP contribution in [0.5, 0.6) is 0 Å². The van der Waals surface area contributed by atoms with Crippen LogP contribution >= 0.6 is 11.3 Å². The molecule has 0 spiro atoms. The first kappa shape index (κ1) is 15.7. The largest absolute Gasteiger partial charge is 0.354 e. The van der Waals surface area contributed by atoms with Gasteiger partial charge in [-0.3, -0.25) is 0 Å². The van der Waals surface area contributed by atoms with E-state index in [2.05, 4.69) is 102 Å². The maximum absolute atomic E-state index is 3.75. The standard InChI is InChI=1S/C26H17NS/c1-2-9-18-17(8-1)16-24(20-11-4-3-10-19(18)20)27-23-14-7-13-22-21-12-5-6-15-25(21)28-26(22)23/h1-16,27H. The molecule has 1 nitrogen and oxygen atoms in total. The zero-order valence-corrected chi connectivity index (χ0v) is 16.0. The minimum absolute atomic E-state index is 1.15. The molecule has 0 radical (unpaired) electrons. The van der Waals surface area contributed by atoms with E-state index in [1.165, 1.54) is 47.4 Å². The highest BCUT2D eigenvalue weighted by Gasteiger charge is 2.11. The van der Waals surface area contributed by atoms with E-state index in [4.69, 9.17) is 0 Å². The van der Waals surface area contributed by atoms with Crippen LogP contribution in [0.25, 0.3) is 41.7 Å². The molecule has 0 atom stereocenters. The Morgan fingerprint density at radius 3 is 2.07 bits per heavy atom. The van der Waals surface area contributed by atoms with Crippen molar-refractivity contribution in [2.24, 2.45) is 0 Å². The van der Waals surface area contributed by atoms with Crippen molar-refractivity contribution in [3.63, 3.8) is 0 Å². The summed E-state index contributed by atoms with van der Waals surface area (Å²) in [6, 6.07) is 34.7. The van der Waals surface area contributed by atoms with Gasteiger partial charge in [-0.15, -0.1) is 11.3 Å². The molecule has 6 aromatic rings. The second-order valence-electron chi connectivity index (χ2n) is 7.10. The number of hydrogen-bond acceptors (Lipinski definition) is 2. The van der Waals surface area contributed by atoms with Gasteiger partial charge in [-0.05, 0) is 34.4 Å². The first-order valence-corrected chi connectivity index (χ1v) is 10.3. The van der Waals surface area contributed by atoms with Crippen LogP contribution in [-0.4, -0.2) is 0 Å². The van der Waals surface area contributed by atoms with Crippen LogP contribution in [0.1, 0.15) is 0 Å². The van der Waals surface area contributed by atoms with Gasteiger partial charge in [-0.25, -0.2) is 0 Å². The maximum atomic E-state index is 3.75.